The van der Waals surface area contributed by atoms with Crippen LogP contribution in [-0.2, 0) is 9.63 Å². The fraction of sp³-hybridized carbons (Fsp3) is 0.826. The molecule has 0 aromatic rings. The van der Waals surface area contributed by atoms with Gasteiger partial charge in [-0.25, -0.2) is 0 Å². The Morgan fingerprint density at radius 2 is 1.93 bits per heavy atom. The number of hydrogen-bond acceptors (Lipinski definition) is 4. The highest BCUT2D eigenvalue weighted by molar-refractivity contribution is 5.96. The monoisotopic (exact) mass is 372 g/mol. The van der Waals surface area contributed by atoms with E-state index in [0.29, 0.717) is 23.7 Å². The maximum absolute atomic E-state index is 12.5. The smallest absolute Gasteiger partial charge is 0.139 e. The summed E-state index contributed by atoms with van der Waals surface area (Å²) >= 11 is 0. The zero-order valence-electron chi connectivity index (χ0n) is 17.4. The highest BCUT2D eigenvalue weighted by Gasteiger charge is 2.58. The lowest BCUT2D eigenvalue weighted by Crippen LogP contribution is -2.50. The van der Waals surface area contributed by atoms with Crippen LogP contribution in [0.3, 0.4) is 0 Å². The summed E-state index contributed by atoms with van der Waals surface area (Å²) in [6, 6.07) is 0. The van der Waals surface area contributed by atoms with Gasteiger partial charge in [0, 0.05) is 11.8 Å². The van der Waals surface area contributed by atoms with Gasteiger partial charge in [0.05, 0.1) is 5.71 Å². The Labute approximate surface area is 164 Å². The molecule has 4 rings (SSSR count). The van der Waals surface area contributed by atoms with Gasteiger partial charge in [-0.1, -0.05) is 24.6 Å². The van der Waals surface area contributed by atoms with Crippen LogP contribution in [0.5, 0.6) is 0 Å². The first-order chi connectivity index (χ1) is 13.0. The van der Waals surface area contributed by atoms with Gasteiger partial charge in [0.25, 0.3) is 0 Å². The van der Waals surface area contributed by atoms with E-state index in [0.717, 1.165) is 56.2 Å². The number of nitrogens with zero attached hydrogens (tertiary/aromatic N) is 1. The van der Waals surface area contributed by atoms with Crippen molar-refractivity contribution in [3.63, 3.8) is 0 Å². The lowest BCUT2D eigenvalue weighted by atomic mass is 9.47. The Morgan fingerprint density at radius 1 is 1.11 bits per heavy atom. The molecule has 0 radical (unpaired) electrons. The summed E-state index contributed by atoms with van der Waals surface area (Å²) in [5.74, 6) is 2.67. The molecule has 0 aromatic heterocycles. The molecule has 0 saturated heterocycles. The molecule has 1 N–H and O–H groups in total. The molecule has 4 aliphatic carbocycles. The normalized spacial score (nSPS) is 42.3. The van der Waals surface area contributed by atoms with Gasteiger partial charge in [-0.05, 0) is 94.2 Å². The van der Waals surface area contributed by atoms with Gasteiger partial charge in [-0.15, -0.1) is 0 Å². The molecule has 150 valence electrons. The minimum Gasteiger partial charge on any atom is -0.396 e. The first kappa shape index (κ1) is 19.2. The predicted molar refractivity (Wildman–Crippen MR) is 109 cm³/mol. The van der Waals surface area contributed by atoms with Gasteiger partial charge in [-0.3, -0.25) is 4.79 Å². The number of oxime groups is 1. The second-order valence-electron chi connectivity index (χ2n) is 9.79. The van der Waals surface area contributed by atoms with Gasteiger partial charge in [0.1, 0.15) is 12.4 Å². The second-order valence-corrected chi connectivity index (χ2v) is 9.79. The Morgan fingerprint density at radius 3 is 2.74 bits per heavy atom. The van der Waals surface area contributed by atoms with Crippen molar-refractivity contribution in [2.45, 2.75) is 71.6 Å². The van der Waals surface area contributed by atoms with E-state index in [9.17, 15) is 4.79 Å². The zero-order chi connectivity index (χ0) is 19.1. The van der Waals surface area contributed by atoms with E-state index >= 15 is 0 Å². The number of hydrogen-bond donors (Lipinski definition) is 1. The molecule has 3 fully saturated rings. The van der Waals surface area contributed by atoms with E-state index in [2.05, 4.69) is 30.4 Å². The SMILES string of the molecule is CNCCCON=C1C=C2CCC3C(CC[C@]4(C)C(=O)CCC34)[C@@]2(C)CC1. The largest absolute Gasteiger partial charge is 0.396 e. The minimum absolute atomic E-state index is 0.0127. The first-order valence-corrected chi connectivity index (χ1v) is 11.1. The predicted octanol–water partition coefficient (Wildman–Crippen LogP) is 4.50. The molecule has 0 spiro atoms. The number of rotatable bonds is 5. The van der Waals surface area contributed by atoms with Gasteiger partial charge in [-0.2, -0.15) is 0 Å². The van der Waals surface area contributed by atoms with Gasteiger partial charge in [0.15, 0.2) is 0 Å². The lowest BCUT2D eigenvalue weighted by Gasteiger charge is -2.57. The summed E-state index contributed by atoms with van der Waals surface area (Å²) in [4.78, 5) is 18.1. The fourth-order valence-electron chi connectivity index (χ4n) is 6.86. The Bertz CT molecular complexity index is 655. The third-order valence-corrected chi connectivity index (χ3v) is 8.53. The van der Waals surface area contributed by atoms with Crippen molar-refractivity contribution < 1.29 is 9.63 Å². The highest BCUT2D eigenvalue weighted by atomic mass is 16.6. The van der Waals surface area contributed by atoms with E-state index in [4.69, 9.17) is 4.84 Å². The topological polar surface area (TPSA) is 50.7 Å². The van der Waals surface area contributed by atoms with Crippen LogP contribution in [0.1, 0.15) is 71.6 Å². The molecule has 4 nitrogen and oxygen atoms in total. The van der Waals surface area contributed by atoms with E-state index < -0.39 is 0 Å². The fourth-order valence-corrected chi connectivity index (χ4v) is 6.86. The number of carbonyl (C=O) groups is 1. The van der Waals surface area contributed by atoms with E-state index in [1.54, 1.807) is 5.57 Å². The molecule has 3 saturated carbocycles. The van der Waals surface area contributed by atoms with Crippen molar-refractivity contribution in [3.8, 4) is 0 Å². The van der Waals surface area contributed by atoms with Crippen molar-refractivity contribution in [1.82, 2.24) is 5.32 Å². The Balaban J connectivity index is 1.48. The van der Waals surface area contributed by atoms with Crippen LogP contribution in [0.2, 0.25) is 0 Å². The summed E-state index contributed by atoms with van der Waals surface area (Å²) in [7, 11) is 1.96. The third-order valence-electron chi connectivity index (χ3n) is 8.53. The average molecular weight is 373 g/mol. The number of Topliss-reactive ketones (excluding diaryl/α,β-unsaturated/α-hetero) is 1. The van der Waals surface area contributed by atoms with Crippen molar-refractivity contribution in [2.75, 3.05) is 20.2 Å². The summed E-state index contributed by atoms with van der Waals surface area (Å²) in [6.45, 7) is 6.42. The summed E-state index contributed by atoms with van der Waals surface area (Å²) in [5, 5.41) is 7.56. The van der Waals surface area contributed by atoms with Crippen LogP contribution < -0.4 is 5.32 Å². The van der Waals surface area contributed by atoms with Crippen molar-refractivity contribution in [3.05, 3.63) is 11.6 Å². The number of ketones is 1. The van der Waals surface area contributed by atoms with E-state index in [1.807, 2.05) is 7.05 Å². The molecular formula is C23H36N2O2. The van der Waals surface area contributed by atoms with Crippen LogP contribution in [0, 0.1) is 28.6 Å². The molecule has 0 aromatic carbocycles. The van der Waals surface area contributed by atoms with Crippen LogP contribution in [-0.4, -0.2) is 31.7 Å². The number of carbonyl (C=O) groups excluding carboxylic acids is 1. The average Bonchev–Trinajstić information content (AvgIpc) is 2.97. The van der Waals surface area contributed by atoms with Crippen LogP contribution in [0.15, 0.2) is 16.8 Å². The Kier molecular flexibility index (Phi) is 5.22. The van der Waals surface area contributed by atoms with Gasteiger partial charge in [0.2, 0.25) is 0 Å². The molecule has 4 aliphatic rings. The minimum atomic E-state index is -0.0127. The maximum Gasteiger partial charge on any atom is 0.139 e. The number of allylic oxidation sites excluding steroid dienone is 2. The molecule has 3 unspecified atom stereocenters. The summed E-state index contributed by atoms with van der Waals surface area (Å²) < 4.78 is 0. The van der Waals surface area contributed by atoms with Crippen molar-refractivity contribution >= 4 is 11.5 Å². The van der Waals surface area contributed by atoms with E-state index in [1.165, 1.54) is 25.7 Å². The molecule has 5 atom stereocenters. The van der Waals surface area contributed by atoms with Crippen molar-refractivity contribution in [1.29, 1.82) is 0 Å². The standard InChI is InChI=1S/C23H36N2O2/c1-22-11-9-17(25-27-14-4-13-24-3)15-16(22)5-6-18-19-7-8-21(26)23(19,2)12-10-20(18)22/h15,18-20,24H,4-14H2,1-3H3/t18?,19?,20?,22-,23-/m0/s1. The van der Waals surface area contributed by atoms with Gasteiger partial charge < -0.3 is 10.2 Å². The van der Waals surface area contributed by atoms with Crippen LogP contribution >= 0.6 is 0 Å². The van der Waals surface area contributed by atoms with Crippen molar-refractivity contribution in [2.24, 2.45) is 33.7 Å². The maximum atomic E-state index is 12.5. The number of nitrogens with one attached hydrogen (secondary N) is 1. The van der Waals surface area contributed by atoms with E-state index in [-0.39, 0.29) is 5.41 Å². The zero-order valence-corrected chi connectivity index (χ0v) is 17.4. The lowest BCUT2D eigenvalue weighted by molar-refractivity contribution is -0.132. The molecule has 27 heavy (non-hydrogen) atoms. The first-order valence-electron chi connectivity index (χ1n) is 11.1. The molecule has 0 bridgehead atoms. The summed E-state index contributed by atoms with van der Waals surface area (Å²) in [5.41, 5.74) is 3.02. The molecule has 4 heteroatoms. The molecule has 0 heterocycles. The quantitative estimate of drug-likeness (QED) is 0.571. The third kappa shape index (κ3) is 3.18. The second kappa shape index (κ2) is 7.35. The van der Waals surface area contributed by atoms with Gasteiger partial charge >= 0.3 is 0 Å². The molecule has 0 amide bonds. The van der Waals surface area contributed by atoms with Crippen LogP contribution in [0.4, 0.5) is 0 Å². The summed E-state index contributed by atoms with van der Waals surface area (Å²) in [6.07, 6.45) is 12.3. The molecular weight excluding hydrogens is 336 g/mol. The van der Waals surface area contributed by atoms with Crippen LogP contribution in [0.25, 0.3) is 0 Å². The highest BCUT2D eigenvalue weighted by Crippen LogP contribution is 2.64. The molecule has 0 aliphatic heterocycles. The Hall–Kier alpha value is -1.16. The number of fused-ring (bicyclic) bond motifs is 5.